The molecule has 0 atom stereocenters. The number of rotatable bonds is 2. The van der Waals surface area contributed by atoms with E-state index in [-0.39, 0.29) is 11.3 Å². The Balaban J connectivity index is 2.39. The molecule has 1 aromatic heterocycles. The van der Waals surface area contributed by atoms with Crippen molar-refractivity contribution in [3.63, 3.8) is 0 Å². The Morgan fingerprint density at radius 1 is 1.24 bits per heavy atom. The van der Waals surface area contributed by atoms with Gasteiger partial charge in [0.25, 0.3) is 5.91 Å². The van der Waals surface area contributed by atoms with E-state index in [1.54, 1.807) is 0 Å². The van der Waals surface area contributed by atoms with Gasteiger partial charge in [-0.15, -0.1) is 0 Å². The summed E-state index contributed by atoms with van der Waals surface area (Å²) in [4.78, 5) is 25.9. The highest BCUT2D eigenvalue weighted by atomic mass is 19.4. The van der Waals surface area contributed by atoms with Crippen molar-refractivity contribution in [2.75, 3.05) is 11.1 Å². The minimum atomic E-state index is -4.68. The molecule has 2 rings (SSSR count). The molecule has 8 heteroatoms. The van der Waals surface area contributed by atoms with Crippen LogP contribution >= 0.6 is 0 Å². The Morgan fingerprint density at radius 3 is 2.57 bits per heavy atom. The molecular weight excluding hydrogens is 287 g/mol. The van der Waals surface area contributed by atoms with E-state index in [9.17, 15) is 22.8 Å². The predicted octanol–water partition coefficient (Wildman–Crippen LogP) is 2.23. The fraction of sp³-hybridized carbons (Fsp3) is 0.0769. The fourth-order valence-electron chi connectivity index (χ4n) is 1.69. The van der Waals surface area contributed by atoms with Gasteiger partial charge in [0.05, 0.1) is 11.3 Å². The smallest absolute Gasteiger partial charge is 0.399 e. The third-order valence-corrected chi connectivity index (χ3v) is 2.67. The first-order valence-corrected chi connectivity index (χ1v) is 5.74. The molecule has 0 fully saturated rings. The Kier molecular flexibility index (Phi) is 3.70. The summed E-state index contributed by atoms with van der Waals surface area (Å²) in [5.41, 5.74) is 2.80. The normalized spacial score (nSPS) is 11.2. The first kappa shape index (κ1) is 14.6. The zero-order chi connectivity index (χ0) is 15.6. The number of benzene rings is 1. The number of aromatic nitrogens is 1. The van der Waals surface area contributed by atoms with E-state index in [1.165, 1.54) is 12.3 Å². The van der Waals surface area contributed by atoms with Gasteiger partial charge in [0.1, 0.15) is 5.56 Å². The van der Waals surface area contributed by atoms with Gasteiger partial charge in [-0.3, -0.25) is 9.59 Å². The van der Waals surface area contributed by atoms with Crippen molar-refractivity contribution in [2.24, 2.45) is 0 Å². The van der Waals surface area contributed by atoms with Crippen LogP contribution in [0.15, 0.2) is 41.5 Å². The number of H-pyrrole nitrogens is 1. The van der Waals surface area contributed by atoms with Gasteiger partial charge in [-0.2, -0.15) is 13.2 Å². The summed E-state index contributed by atoms with van der Waals surface area (Å²) >= 11 is 0. The Hall–Kier alpha value is -2.77. The van der Waals surface area contributed by atoms with Gasteiger partial charge >= 0.3 is 6.18 Å². The lowest BCUT2D eigenvalue weighted by Gasteiger charge is -2.14. The van der Waals surface area contributed by atoms with E-state index in [1.807, 2.05) is 0 Å². The molecule has 0 aliphatic heterocycles. The molecule has 1 heterocycles. The quantitative estimate of drug-likeness (QED) is 0.743. The maximum absolute atomic E-state index is 12.9. The van der Waals surface area contributed by atoms with Gasteiger partial charge in [0.15, 0.2) is 5.43 Å². The van der Waals surface area contributed by atoms with Crippen molar-refractivity contribution in [1.82, 2.24) is 4.98 Å². The predicted molar refractivity (Wildman–Crippen MR) is 70.9 cm³/mol. The number of amides is 1. The number of pyridine rings is 1. The van der Waals surface area contributed by atoms with E-state index in [0.717, 1.165) is 18.3 Å². The molecular formula is C13H10F3N3O2. The van der Waals surface area contributed by atoms with E-state index >= 15 is 0 Å². The third kappa shape index (κ3) is 3.22. The SMILES string of the molecule is Nc1ccc(NC(=O)c2c[nH]ccc2=O)c(C(F)(F)F)c1. The van der Waals surface area contributed by atoms with Crippen LogP contribution in [-0.2, 0) is 6.18 Å². The third-order valence-electron chi connectivity index (χ3n) is 2.67. The number of nitrogen functional groups attached to an aromatic ring is 1. The average molecular weight is 297 g/mol. The van der Waals surface area contributed by atoms with E-state index < -0.39 is 28.8 Å². The van der Waals surface area contributed by atoms with Crippen LogP contribution in [-0.4, -0.2) is 10.9 Å². The number of carbonyl (C=O) groups excluding carboxylic acids is 1. The van der Waals surface area contributed by atoms with Crippen LogP contribution in [0.4, 0.5) is 24.5 Å². The number of aromatic amines is 1. The summed E-state index contributed by atoms with van der Waals surface area (Å²) in [5, 5.41) is 2.07. The van der Waals surface area contributed by atoms with Crippen LogP contribution in [0.2, 0.25) is 0 Å². The van der Waals surface area contributed by atoms with Crippen molar-refractivity contribution >= 4 is 17.3 Å². The highest BCUT2D eigenvalue weighted by Gasteiger charge is 2.34. The topological polar surface area (TPSA) is 88.0 Å². The molecule has 0 aliphatic rings. The lowest BCUT2D eigenvalue weighted by molar-refractivity contribution is -0.136. The van der Waals surface area contributed by atoms with Gasteiger partial charge in [-0.1, -0.05) is 0 Å². The lowest BCUT2D eigenvalue weighted by atomic mass is 10.1. The van der Waals surface area contributed by atoms with Gasteiger partial charge < -0.3 is 16.0 Å². The molecule has 4 N–H and O–H groups in total. The van der Waals surface area contributed by atoms with E-state index in [4.69, 9.17) is 5.73 Å². The van der Waals surface area contributed by atoms with Crippen LogP contribution < -0.4 is 16.5 Å². The molecule has 0 unspecified atom stereocenters. The number of halogens is 3. The summed E-state index contributed by atoms with van der Waals surface area (Å²) in [5.74, 6) is -0.938. The molecule has 5 nitrogen and oxygen atoms in total. The first-order valence-electron chi connectivity index (χ1n) is 5.74. The second kappa shape index (κ2) is 5.31. The van der Waals surface area contributed by atoms with Crippen molar-refractivity contribution in [1.29, 1.82) is 0 Å². The highest BCUT2D eigenvalue weighted by molar-refractivity contribution is 6.04. The molecule has 110 valence electrons. The van der Waals surface area contributed by atoms with E-state index in [2.05, 4.69) is 10.3 Å². The number of alkyl halides is 3. The Morgan fingerprint density at radius 2 is 1.95 bits per heavy atom. The molecule has 0 bridgehead atoms. The Labute approximate surface area is 116 Å². The standard InChI is InChI=1S/C13H10F3N3O2/c14-13(15,16)9-5-7(17)1-2-10(9)19-12(21)8-6-18-4-3-11(8)20/h1-6H,17H2,(H,18,20)(H,19,21). The van der Waals surface area contributed by atoms with Gasteiger partial charge in [0.2, 0.25) is 0 Å². The van der Waals surface area contributed by atoms with Crippen LogP contribution in [0.1, 0.15) is 15.9 Å². The molecule has 2 aromatic rings. The highest BCUT2D eigenvalue weighted by Crippen LogP contribution is 2.36. The molecule has 1 aromatic carbocycles. The molecule has 1 amide bonds. The molecule has 0 spiro atoms. The van der Waals surface area contributed by atoms with Crippen molar-refractivity contribution in [3.05, 3.63) is 58.0 Å². The van der Waals surface area contributed by atoms with Crippen LogP contribution in [0.3, 0.4) is 0 Å². The van der Waals surface area contributed by atoms with Gasteiger partial charge in [-0.25, -0.2) is 0 Å². The maximum Gasteiger partial charge on any atom is 0.418 e. The largest absolute Gasteiger partial charge is 0.418 e. The zero-order valence-corrected chi connectivity index (χ0v) is 10.5. The lowest BCUT2D eigenvalue weighted by Crippen LogP contribution is -2.22. The van der Waals surface area contributed by atoms with Crippen molar-refractivity contribution in [2.45, 2.75) is 6.18 Å². The maximum atomic E-state index is 12.9. The summed E-state index contributed by atoms with van der Waals surface area (Å²) in [6, 6.07) is 4.07. The number of hydrogen-bond donors (Lipinski definition) is 3. The first-order chi connectivity index (χ1) is 9.79. The molecule has 0 saturated carbocycles. The van der Waals surface area contributed by atoms with Gasteiger partial charge in [-0.05, 0) is 18.2 Å². The number of nitrogens with two attached hydrogens (primary N) is 1. The monoisotopic (exact) mass is 297 g/mol. The minimum Gasteiger partial charge on any atom is -0.399 e. The van der Waals surface area contributed by atoms with Crippen LogP contribution in [0, 0.1) is 0 Å². The second-order valence-corrected chi connectivity index (χ2v) is 4.18. The van der Waals surface area contributed by atoms with Crippen LogP contribution in [0.25, 0.3) is 0 Å². The summed E-state index contributed by atoms with van der Waals surface area (Å²) < 4.78 is 38.7. The minimum absolute atomic E-state index is 0.0853. The molecule has 0 radical (unpaired) electrons. The van der Waals surface area contributed by atoms with Gasteiger partial charge in [0, 0.05) is 24.1 Å². The average Bonchev–Trinajstić information content (AvgIpc) is 2.40. The number of carbonyl (C=O) groups is 1. The number of hydrogen-bond acceptors (Lipinski definition) is 3. The number of anilines is 2. The summed E-state index contributed by atoms with van der Waals surface area (Å²) in [6.07, 6.45) is -2.26. The summed E-state index contributed by atoms with van der Waals surface area (Å²) in [6.45, 7) is 0. The summed E-state index contributed by atoms with van der Waals surface area (Å²) in [7, 11) is 0. The van der Waals surface area contributed by atoms with E-state index in [0.29, 0.717) is 6.07 Å². The Bertz CT molecular complexity index is 738. The molecule has 0 aliphatic carbocycles. The fourth-order valence-corrected chi connectivity index (χ4v) is 1.69. The van der Waals surface area contributed by atoms with Crippen molar-refractivity contribution in [3.8, 4) is 0 Å². The number of nitrogens with one attached hydrogen (secondary N) is 2. The zero-order valence-electron chi connectivity index (χ0n) is 10.5. The van der Waals surface area contributed by atoms with Crippen LogP contribution in [0.5, 0.6) is 0 Å². The molecule has 21 heavy (non-hydrogen) atoms. The molecule has 0 saturated heterocycles. The van der Waals surface area contributed by atoms with Crippen molar-refractivity contribution < 1.29 is 18.0 Å². The second-order valence-electron chi connectivity index (χ2n) is 4.18.